The number of hydrazone groups is 1. The van der Waals surface area contributed by atoms with E-state index in [0.29, 0.717) is 5.70 Å². The first-order valence-corrected chi connectivity index (χ1v) is 8.90. The molecular formula is C19H22N4O6. The summed E-state index contributed by atoms with van der Waals surface area (Å²) in [5.74, 6) is 2.71. The minimum atomic E-state index is -1.11. The van der Waals surface area contributed by atoms with Crippen LogP contribution in [0.15, 0.2) is 51.9 Å². The summed E-state index contributed by atoms with van der Waals surface area (Å²) in [5.41, 5.74) is 0.476. The van der Waals surface area contributed by atoms with E-state index in [4.69, 9.17) is 15.3 Å². The molecule has 0 aromatic heterocycles. The van der Waals surface area contributed by atoms with E-state index in [1.807, 2.05) is 0 Å². The fourth-order valence-corrected chi connectivity index (χ4v) is 3.15. The second kappa shape index (κ2) is 9.49. The van der Waals surface area contributed by atoms with Gasteiger partial charge in [-0.2, -0.15) is 5.10 Å². The highest BCUT2D eigenvalue weighted by molar-refractivity contribution is 6.04. The molecule has 1 aliphatic heterocycles. The standard InChI is InChI=1S/C19H22N4O6/c1-4-28-18(24)15-11(3)22-13(10-21-20)17(19(25)29-5-2)16(15)12-8-6-7-9-14(12)23(26)27/h6-10,16,22H,4-5,20H2,1-3H3. The van der Waals surface area contributed by atoms with Gasteiger partial charge in [0.2, 0.25) is 0 Å². The highest BCUT2D eigenvalue weighted by Crippen LogP contribution is 2.42. The van der Waals surface area contributed by atoms with Gasteiger partial charge in [0.25, 0.3) is 5.69 Å². The van der Waals surface area contributed by atoms with Gasteiger partial charge in [-0.3, -0.25) is 10.1 Å². The number of carbonyl (C=O) groups excluding carboxylic acids is 2. The molecule has 1 unspecified atom stereocenters. The maximum absolute atomic E-state index is 12.8. The lowest BCUT2D eigenvalue weighted by atomic mass is 9.79. The normalized spacial score (nSPS) is 16.6. The number of dihydropyridines is 1. The van der Waals surface area contributed by atoms with E-state index in [0.717, 1.165) is 0 Å². The van der Waals surface area contributed by atoms with Gasteiger partial charge in [0.15, 0.2) is 0 Å². The number of hydrogen-bond donors (Lipinski definition) is 2. The summed E-state index contributed by atoms with van der Waals surface area (Å²) in [5, 5.41) is 18.0. The Morgan fingerprint density at radius 1 is 1.21 bits per heavy atom. The monoisotopic (exact) mass is 402 g/mol. The van der Waals surface area contributed by atoms with Crippen LogP contribution in [0.2, 0.25) is 0 Å². The number of nitrogens with one attached hydrogen (secondary N) is 1. The van der Waals surface area contributed by atoms with Crippen LogP contribution in [0.5, 0.6) is 0 Å². The van der Waals surface area contributed by atoms with Gasteiger partial charge in [-0.15, -0.1) is 0 Å². The minimum absolute atomic E-state index is 0.0241. The Morgan fingerprint density at radius 2 is 1.79 bits per heavy atom. The van der Waals surface area contributed by atoms with Crippen molar-refractivity contribution in [3.63, 3.8) is 0 Å². The Labute approximate surface area is 167 Å². The van der Waals surface area contributed by atoms with Gasteiger partial charge in [0.05, 0.1) is 47.1 Å². The highest BCUT2D eigenvalue weighted by atomic mass is 16.6. The van der Waals surface area contributed by atoms with Gasteiger partial charge < -0.3 is 20.6 Å². The van der Waals surface area contributed by atoms with Crippen molar-refractivity contribution in [2.45, 2.75) is 26.7 Å². The predicted octanol–water partition coefficient (Wildman–Crippen LogP) is 1.88. The molecule has 3 N–H and O–H groups in total. The second-order valence-electron chi connectivity index (χ2n) is 5.96. The molecule has 2 rings (SSSR count). The molecule has 0 spiro atoms. The van der Waals surface area contributed by atoms with Gasteiger partial charge in [-0.25, -0.2) is 9.59 Å². The molecule has 10 nitrogen and oxygen atoms in total. The summed E-state index contributed by atoms with van der Waals surface area (Å²) in [6.07, 6.45) is 1.19. The van der Waals surface area contributed by atoms with E-state index in [1.54, 1.807) is 26.8 Å². The van der Waals surface area contributed by atoms with E-state index in [-0.39, 0.29) is 41.3 Å². The first-order valence-electron chi connectivity index (χ1n) is 8.90. The number of nitro groups is 1. The number of carbonyl (C=O) groups is 2. The Morgan fingerprint density at radius 3 is 2.34 bits per heavy atom. The molecule has 10 heteroatoms. The molecule has 0 bridgehead atoms. The molecule has 0 fully saturated rings. The number of benzene rings is 1. The summed E-state index contributed by atoms with van der Waals surface area (Å²) >= 11 is 0. The van der Waals surface area contributed by atoms with Crippen molar-refractivity contribution < 1.29 is 24.0 Å². The third-order valence-electron chi connectivity index (χ3n) is 4.23. The summed E-state index contributed by atoms with van der Waals surface area (Å²) in [7, 11) is 0. The van der Waals surface area contributed by atoms with E-state index < -0.39 is 22.8 Å². The smallest absolute Gasteiger partial charge is 0.337 e. The lowest BCUT2D eigenvalue weighted by Crippen LogP contribution is -2.34. The zero-order valence-electron chi connectivity index (χ0n) is 16.3. The Hall–Kier alpha value is -3.69. The molecule has 0 aliphatic carbocycles. The second-order valence-corrected chi connectivity index (χ2v) is 5.96. The molecule has 1 aromatic rings. The molecule has 0 saturated heterocycles. The zero-order chi connectivity index (χ0) is 21.6. The van der Waals surface area contributed by atoms with Crippen molar-refractivity contribution in [3.8, 4) is 0 Å². The lowest BCUT2D eigenvalue weighted by molar-refractivity contribution is -0.385. The first-order chi connectivity index (χ1) is 13.9. The van der Waals surface area contributed by atoms with Crippen LogP contribution in [-0.2, 0) is 19.1 Å². The summed E-state index contributed by atoms with van der Waals surface area (Å²) < 4.78 is 10.3. The summed E-state index contributed by atoms with van der Waals surface area (Å²) in [6.45, 7) is 5.02. The van der Waals surface area contributed by atoms with Crippen LogP contribution in [0.1, 0.15) is 32.3 Å². The third kappa shape index (κ3) is 4.42. The fourth-order valence-electron chi connectivity index (χ4n) is 3.15. The van der Waals surface area contributed by atoms with Crippen LogP contribution in [0.4, 0.5) is 5.69 Å². The topological polar surface area (TPSA) is 146 Å². The molecule has 1 heterocycles. The van der Waals surface area contributed by atoms with E-state index >= 15 is 0 Å². The van der Waals surface area contributed by atoms with Crippen LogP contribution < -0.4 is 11.2 Å². The minimum Gasteiger partial charge on any atom is -0.463 e. The van der Waals surface area contributed by atoms with Crippen LogP contribution in [0, 0.1) is 10.1 Å². The number of esters is 2. The Balaban J connectivity index is 2.85. The maximum atomic E-state index is 12.8. The highest BCUT2D eigenvalue weighted by Gasteiger charge is 2.41. The number of para-hydroxylation sites is 1. The number of nitro benzene ring substituents is 1. The fraction of sp³-hybridized carbons (Fsp3) is 0.316. The van der Waals surface area contributed by atoms with Crippen molar-refractivity contribution in [3.05, 3.63) is 62.5 Å². The van der Waals surface area contributed by atoms with E-state index in [1.165, 1.54) is 24.4 Å². The predicted molar refractivity (Wildman–Crippen MR) is 105 cm³/mol. The van der Waals surface area contributed by atoms with Crippen molar-refractivity contribution >= 4 is 23.8 Å². The Bertz CT molecular complexity index is 919. The van der Waals surface area contributed by atoms with Crippen LogP contribution >= 0.6 is 0 Å². The molecule has 29 heavy (non-hydrogen) atoms. The maximum Gasteiger partial charge on any atom is 0.337 e. The third-order valence-corrected chi connectivity index (χ3v) is 4.23. The van der Waals surface area contributed by atoms with E-state index in [9.17, 15) is 19.7 Å². The van der Waals surface area contributed by atoms with Gasteiger partial charge in [-0.1, -0.05) is 18.2 Å². The van der Waals surface area contributed by atoms with Gasteiger partial charge in [0, 0.05) is 17.3 Å². The van der Waals surface area contributed by atoms with Gasteiger partial charge in [0.1, 0.15) is 0 Å². The Kier molecular flexibility index (Phi) is 7.07. The quantitative estimate of drug-likeness (QED) is 0.231. The number of nitrogens with zero attached hydrogens (tertiary/aromatic N) is 2. The van der Waals surface area contributed by atoms with Gasteiger partial charge >= 0.3 is 11.9 Å². The molecule has 1 aromatic carbocycles. The zero-order valence-corrected chi connectivity index (χ0v) is 16.3. The average Bonchev–Trinajstić information content (AvgIpc) is 2.67. The van der Waals surface area contributed by atoms with Crippen molar-refractivity contribution in [2.24, 2.45) is 10.9 Å². The number of hydrogen-bond acceptors (Lipinski definition) is 9. The van der Waals surface area contributed by atoms with Crippen molar-refractivity contribution in [2.75, 3.05) is 13.2 Å². The van der Waals surface area contributed by atoms with Crippen LogP contribution in [0.3, 0.4) is 0 Å². The van der Waals surface area contributed by atoms with Crippen molar-refractivity contribution in [1.29, 1.82) is 0 Å². The molecular weight excluding hydrogens is 380 g/mol. The number of allylic oxidation sites excluding steroid dienone is 2. The molecule has 1 atom stereocenters. The SMILES string of the molecule is CCOC(=O)C1=C(C)NC(C=NN)=C(C(=O)OCC)C1c1ccccc1[N+](=O)[O-]. The van der Waals surface area contributed by atoms with E-state index in [2.05, 4.69) is 10.4 Å². The molecule has 1 aliphatic rings. The average molecular weight is 402 g/mol. The molecule has 154 valence electrons. The summed E-state index contributed by atoms with van der Waals surface area (Å²) in [6, 6.07) is 5.87. The summed E-state index contributed by atoms with van der Waals surface area (Å²) in [4.78, 5) is 36.6. The largest absolute Gasteiger partial charge is 0.463 e. The van der Waals surface area contributed by atoms with Crippen LogP contribution in [-0.4, -0.2) is 36.3 Å². The van der Waals surface area contributed by atoms with Crippen LogP contribution in [0.25, 0.3) is 0 Å². The number of nitrogens with two attached hydrogens (primary N) is 1. The van der Waals surface area contributed by atoms with Crippen molar-refractivity contribution in [1.82, 2.24) is 5.32 Å². The molecule has 0 amide bonds. The number of ether oxygens (including phenoxy) is 2. The first kappa shape index (κ1) is 21.6. The molecule has 0 saturated carbocycles. The lowest BCUT2D eigenvalue weighted by Gasteiger charge is -2.30. The molecule has 0 radical (unpaired) electrons. The van der Waals surface area contributed by atoms with Gasteiger partial charge in [-0.05, 0) is 20.8 Å². The number of rotatable bonds is 7.